The number of piperazine rings is 1. The van der Waals surface area contributed by atoms with E-state index in [1.165, 1.54) is 0 Å². The maximum Gasteiger partial charge on any atom is 0.253 e. The fourth-order valence-corrected chi connectivity index (χ4v) is 5.78. The van der Waals surface area contributed by atoms with Crippen LogP contribution in [-0.4, -0.2) is 77.4 Å². The number of hydrogen-bond acceptors (Lipinski definition) is 5. The smallest absolute Gasteiger partial charge is 0.253 e. The molecule has 2 fully saturated rings. The third kappa shape index (κ3) is 5.79. The number of pyridine rings is 1. The van der Waals surface area contributed by atoms with E-state index in [0.29, 0.717) is 39.8 Å². The Morgan fingerprint density at radius 3 is 2.39 bits per heavy atom. The number of piperidine rings is 1. The Labute approximate surface area is 225 Å². The van der Waals surface area contributed by atoms with Crippen molar-refractivity contribution in [1.29, 1.82) is 0 Å². The molecule has 1 N–H and O–H groups in total. The summed E-state index contributed by atoms with van der Waals surface area (Å²) in [5.41, 5.74) is 1.16. The van der Waals surface area contributed by atoms with Gasteiger partial charge in [0.15, 0.2) is 0 Å². The number of carbonyl (C=O) groups is 2. The molecule has 4 rings (SSSR count). The minimum Gasteiger partial charge on any atom is -0.352 e. The number of hydrogen-bond donors (Lipinski definition) is 1. The molecular formula is C27H37Cl2N5O2. The lowest BCUT2D eigenvalue weighted by atomic mass is 9.96. The highest BCUT2D eigenvalue weighted by molar-refractivity contribution is 6.33. The first-order chi connectivity index (χ1) is 17.3. The molecular weight excluding hydrogens is 497 g/mol. The van der Waals surface area contributed by atoms with Crippen LogP contribution in [-0.2, 0) is 0 Å². The van der Waals surface area contributed by atoms with E-state index in [9.17, 15) is 9.59 Å². The predicted octanol–water partition coefficient (Wildman–Crippen LogP) is 4.98. The van der Waals surface area contributed by atoms with Crippen LogP contribution in [0, 0.1) is 0 Å². The number of aromatic nitrogens is 1. The zero-order valence-corrected chi connectivity index (χ0v) is 22.7. The molecule has 1 aromatic heterocycles. The summed E-state index contributed by atoms with van der Waals surface area (Å²) in [6.07, 6.45) is 4.55. The quantitative estimate of drug-likeness (QED) is 0.567. The number of amides is 2. The fraction of sp³-hybridized carbons (Fsp3) is 0.519. The van der Waals surface area contributed by atoms with Crippen molar-refractivity contribution in [1.82, 2.24) is 20.1 Å². The van der Waals surface area contributed by atoms with Gasteiger partial charge in [-0.3, -0.25) is 14.5 Å². The van der Waals surface area contributed by atoms with Gasteiger partial charge in [0.05, 0.1) is 10.6 Å². The summed E-state index contributed by atoms with van der Waals surface area (Å²) >= 11 is 12.6. The van der Waals surface area contributed by atoms with Crippen LogP contribution >= 0.6 is 23.2 Å². The van der Waals surface area contributed by atoms with Gasteiger partial charge < -0.3 is 15.1 Å². The standard InChI is InChI=1S/C27H35Cl2N5O2.H2/c1-4-22-17-33(25-24(29)14-20(15-31-25)26(35)30-5-2)18(3)16-34(22)23-10-12-32(13-11-23)27(36)19-6-8-21(28)9-7-19;/h6-9,14-15,18,22-23H,4-5,10-13,16-17H2,1-3H3,(H,30,35);1H/t18-,22+;/m1./s1. The van der Waals surface area contributed by atoms with Crippen LogP contribution in [0.3, 0.4) is 0 Å². The van der Waals surface area contributed by atoms with Crippen LogP contribution in [0.2, 0.25) is 10.0 Å². The molecule has 0 unspecified atom stereocenters. The molecule has 0 radical (unpaired) electrons. The Morgan fingerprint density at radius 1 is 1.08 bits per heavy atom. The highest BCUT2D eigenvalue weighted by Gasteiger charge is 2.37. The molecule has 2 atom stereocenters. The molecule has 0 bridgehead atoms. The topological polar surface area (TPSA) is 68.8 Å². The first-order valence-electron chi connectivity index (χ1n) is 12.8. The molecule has 0 aliphatic carbocycles. The molecule has 9 heteroatoms. The van der Waals surface area contributed by atoms with Crippen LogP contribution in [0.5, 0.6) is 0 Å². The van der Waals surface area contributed by atoms with Crippen molar-refractivity contribution in [3.8, 4) is 0 Å². The Balaban J connectivity index is 0.00000380. The first kappa shape index (κ1) is 26.7. The number of nitrogens with one attached hydrogen (secondary N) is 1. The maximum atomic E-state index is 12.9. The second-order valence-corrected chi connectivity index (χ2v) is 10.5. The summed E-state index contributed by atoms with van der Waals surface area (Å²) in [7, 11) is 0. The van der Waals surface area contributed by atoms with Gasteiger partial charge in [-0.05, 0) is 63.4 Å². The Bertz CT molecular complexity index is 1080. The molecule has 0 spiro atoms. The molecule has 2 aromatic rings. The minimum atomic E-state index is -0.163. The van der Waals surface area contributed by atoms with E-state index in [4.69, 9.17) is 23.2 Å². The molecule has 3 heterocycles. The third-order valence-corrected chi connectivity index (χ3v) is 7.89. The zero-order chi connectivity index (χ0) is 25.8. The van der Waals surface area contributed by atoms with Gasteiger partial charge in [-0.15, -0.1) is 0 Å². The van der Waals surface area contributed by atoms with Gasteiger partial charge in [-0.2, -0.15) is 0 Å². The van der Waals surface area contributed by atoms with Crippen LogP contribution < -0.4 is 10.2 Å². The Hall–Kier alpha value is -2.35. The van der Waals surface area contributed by atoms with Gasteiger partial charge in [0.1, 0.15) is 5.82 Å². The molecule has 36 heavy (non-hydrogen) atoms. The molecule has 7 nitrogen and oxygen atoms in total. The highest BCUT2D eigenvalue weighted by Crippen LogP contribution is 2.32. The van der Waals surface area contributed by atoms with Gasteiger partial charge in [0, 0.05) is 69.1 Å². The third-order valence-electron chi connectivity index (χ3n) is 7.36. The number of halogens is 2. The number of likely N-dealkylation sites (tertiary alicyclic amines) is 1. The van der Waals surface area contributed by atoms with Crippen molar-refractivity contribution in [3.05, 3.63) is 57.7 Å². The van der Waals surface area contributed by atoms with Crippen LogP contribution in [0.4, 0.5) is 5.82 Å². The lowest BCUT2D eigenvalue weighted by Gasteiger charge is -2.50. The number of anilines is 1. The summed E-state index contributed by atoms with van der Waals surface area (Å²) in [6, 6.07) is 9.87. The Morgan fingerprint density at radius 2 is 1.78 bits per heavy atom. The minimum absolute atomic E-state index is 0. The number of rotatable bonds is 6. The number of nitrogens with zero attached hydrogens (tertiary/aromatic N) is 4. The van der Waals surface area contributed by atoms with Gasteiger partial charge in [0.25, 0.3) is 11.8 Å². The average molecular weight is 535 g/mol. The average Bonchev–Trinajstić information content (AvgIpc) is 2.89. The molecule has 2 amide bonds. The van der Waals surface area contributed by atoms with Gasteiger partial charge in [0.2, 0.25) is 0 Å². The first-order valence-corrected chi connectivity index (χ1v) is 13.6. The number of benzene rings is 1. The summed E-state index contributed by atoms with van der Waals surface area (Å²) in [5.74, 6) is 0.648. The summed E-state index contributed by atoms with van der Waals surface area (Å²) < 4.78 is 0. The lowest BCUT2D eigenvalue weighted by Crippen LogP contribution is -2.61. The van der Waals surface area contributed by atoms with E-state index in [0.717, 1.165) is 51.3 Å². The second-order valence-electron chi connectivity index (χ2n) is 9.68. The van der Waals surface area contributed by atoms with Gasteiger partial charge in [-0.1, -0.05) is 30.1 Å². The van der Waals surface area contributed by atoms with Crippen LogP contribution in [0.1, 0.15) is 62.2 Å². The van der Waals surface area contributed by atoms with Crippen LogP contribution in [0.15, 0.2) is 36.5 Å². The van der Waals surface area contributed by atoms with Crippen molar-refractivity contribution in [2.75, 3.05) is 37.6 Å². The van der Waals surface area contributed by atoms with E-state index in [-0.39, 0.29) is 19.3 Å². The van der Waals surface area contributed by atoms with E-state index < -0.39 is 0 Å². The molecule has 0 saturated carbocycles. The lowest BCUT2D eigenvalue weighted by molar-refractivity contribution is 0.0434. The van der Waals surface area contributed by atoms with Crippen molar-refractivity contribution in [3.63, 3.8) is 0 Å². The number of carbonyl (C=O) groups excluding carboxylic acids is 2. The predicted molar refractivity (Wildman–Crippen MR) is 147 cm³/mol. The van der Waals surface area contributed by atoms with Gasteiger partial charge >= 0.3 is 0 Å². The fourth-order valence-electron chi connectivity index (χ4n) is 5.38. The second kappa shape index (κ2) is 11.8. The van der Waals surface area contributed by atoms with Gasteiger partial charge in [-0.25, -0.2) is 4.98 Å². The van der Waals surface area contributed by atoms with E-state index in [1.54, 1.807) is 36.5 Å². The van der Waals surface area contributed by atoms with Crippen LogP contribution in [0.25, 0.3) is 0 Å². The summed E-state index contributed by atoms with van der Waals surface area (Å²) in [4.78, 5) is 36.5. The van der Waals surface area contributed by atoms with Crippen molar-refractivity contribution in [2.24, 2.45) is 0 Å². The molecule has 2 aliphatic heterocycles. The molecule has 1 aromatic carbocycles. The summed E-state index contributed by atoms with van der Waals surface area (Å²) in [6.45, 7) is 10.1. The van der Waals surface area contributed by atoms with Crippen molar-refractivity contribution >= 4 is 40.8 Å². The molecule has 196 valence electrons. The molecule has 2 saturated heterocycles. The maximum absolute atomic E-state index is 12.9. The summed E-state index contributed by atoms with van der Waals surface area (Å²) in [5, 5.41) is 3.93. The SMILES string of the molecule is CCNC(=O)c1cnc(N2C[C@H](CC)N(C3CCN(C(=O)c4ccc(Cl)cc4)CC3)C[C@H]2C)c(Cl)c1.[HH]. The normalized spacial score (nSPS) is 21.5. The van der Waals surface area contributed by atoms with E-state index in [1.807, 2.05) is 11.8 Å². The molecule has 2 aliphatic rings. The van der Waals surface area contributed by atoms with E-state index >= 15 is 0 Å². The Kier molecular flexibility index (Phi) is 8.75. The zero-order valence-electron chi connectivity index (χ0n) is 21.2. The van der Waals surface area contributed by atoms with Crippen molar-refractivity contribution in [2.45, 2.75) is 58.2 Å². The van der Waals surface area contributed by atoms with E-state index in [2.05, 4.69) is 33.9 Å². The monoisotopic (exact) mass is 533 g/mol. The highest BCUT2D eigenvalue weighted by atomic mass is 35.5. The van der Waals surface area contributed by atoms with Crippen molar-refractivity contribution < 1.29 is 11.0 Å². The largest absolute Gasteiger partial charge is 0.352 e.